The highest BCUT2D eigenvalue weighted by molar-refractivity contribution is 7.80. The number of likely N-dealkylation sites (tertiary alicyclic amines) is 1. The number of rotatable bonds is 43. The van der Waals surface area contributed by atoms with Gasteiger partial charge in [-0.05, 0) is 113 Å². The van der Waals surface area contributed by atoms with Gasteiger partial charge in [0, 0.05) is 44.6 Å². The number of thiol groups is 1. The molecule has 27 N–H and O–H groups in total. The first-order chi connectivity index (χ1) is 48.0. The number of amides is 13. The third-order valence-electron chi connectivity index (χ3n) is 15.7. The Hall–Kier alpha value is -10.6. The average Bonchev–Trinajstić information content (AvgIpc) is 1.64. The van der Waals surface area contributed by atoms with Crippen molar-refractivity contribution in [1.29, 1.82) is 0 Å². The van der Waals surface area contributed by atoms with E-state index in [1.165, 1.54) is 62.1 Å². The summed E-state index contributed by atoms with van der Waals surface area (Å²) in [6.45, 7) is 5.99. The van der Waals surface area contributed by atoms with E-state index >= 15 is 0 Å². The number of guanidine groups is 2. The number of aliphatic carboxylic acids is 1. The van der Waals surface area contributed by atoms with Crippen LogP contribution in [-0.2, 0) is 80.0 Å². The van der Waals surface area contributed by atoms with E-state index in [-0.39, 0.29) is 99.7 Å². The number of nitrogens with zero attached hydrogens (tertiary/aromatic N) is 3. The molecular weight excluding hydrogens is 1360 g/mol. The molecule has 1 heterocycles. The van der Waals surface area contributed by atoms with Crippen molar-refractivity contribution in [2.75, 3.05) is 38.5 Å². The van der Waals surface area contributed by atoms with Crippen molar-refractivity contribution in [2.45, 2.75) is 178 Å². The molecule has 564 valence electrons. The number of nitrogens with one attached hydrogen (secondary N) is 11. The fourth-order valence-electron chi connectivity index (χ4n) is 10.2. The second-order valence-electron chi connectivity index (χ2n) is 24.7. The third-order valence-corrected chi connectivity index (χ3v) is 16.1. The summed E-state index contributed by atoms with van der Waals surface area (Å²) >= 11 is 4.26. The average molecular weight is 1460 g/mol. The zero-order valence-corrected chi connectivity index (χ0v) is 58.3. The Balaban J connectivity index is 1.69. The highest BCUT2D eigenvalue weighted by atomic mass is 32.1. The Labute approximate surface area is 593 Å². The summed E-state index contributed by atoms with van der Waals surface area (Å²) in [5.74, 6) is -14.1. The van der Waals surface area contributed by atoms with Crippen LogP contribution in [-0.4, -0.2) is 231 Å². The summed E-state index contributed by atoms with van der Waals surface area (Å²) in [6.07, 6.45) is -0.893. The largest absolute Gasteiger partial charge is 0.508 e. The molecule has 39 heteroatoms. The van der Waals surface area contributed by atoms with Crippen LogP contribution >= 0.6 is 12.6 Å². The van der Waals surface area contributed by atoms with Crippen LogP contribution in [0.4, 0.5) is 0 Å². The molecule has 1 fully saturated rings. The molecule has 0 bridgehead atoms. The highest BCUT2D eigenvalue weighted by Gasteiger charge is 2.39. The van der Waals surface area contributed by atoms with Crippen LogP contribution in [0.2, 0.25) is 0 Å². The van der Waals surface area contributed by atoms with Gasteiger partial charge in [-0.3, -0.25) is 77.1 Å². The summed E-state index contributed by atoms with van der Waals surface area (Å²) in [5, 5.41) is 65.8. The number of aliphatic hydroxyl groups is 1. The number of aromatic hydroxyl groups is 2. The number of primary amides is 1. The lowest BCUT2D eigenvalue weighted by atomic mass is 10.0. The van der Waals surface area contributed by atoms with Gasteiger partial charge >= 0.3 is 5.97 Å². The number of aliphatic hydroxyl groups excluding tert-OH is 1. The van der Waals surface area contributed by atoms with E-state index in [2.05, 4.69) is 81.1 Å². The number of aliphatic imine (C=N–C) groups is 2. The molecule has 0 radical (unpaired) electrons. The smallest absolute Gasteiger partial charge is 0.303 e. The second kappa shape index (κ2) is 43.2. The Morgan fingerprint density at radius 2 is 0.951 bits per heavy atom. The number of phenols is 2. The Bertz CT molecular complexity index is 3300. The zero-order valence-electron chi connectivity index (χ0n) is 57.4. The number of carbonyl (C=O) groups is 14. The SMILES string of the molecule is CC(C)C[C@H](N)C(=O)N[C@@H](Cc1ccc(O)cc1)C(=O)N[C@@H](CCCN=C(N)N)C(=O)N[C@@H](C)C(=O)NCC(=O)N[C@@H](C)C(=O)N1CCC[C@H]1C(=O)N[C@@H](CS)C(=O)N[C@@H](CCCN=C(N)N)C(=O)N[C@@H](C)C(=O)N[C@@H](CCC(=O)O)C(=O)N[C@@H](Cc1ccc(O)cc1)C(=O)N[C@@H](CO)C(N)=O. The second-order valence-corrected chi connectivity index (χ2v) is 25.0. The van der Waals surface area contributed by atoms with E-state index in [4.69, 9.17) is 34.4 Å². The predicted octanol–water partition coefficient (Wildman–Crippen LogP) is -7.35. The van der Waals surface area contributed by atoms with E-state index in [1.807, 2.05) is 13.8 Å². The molecule has 102 heavy (non-hydrogen) atoms. The topological polar surface area (TPSA) is 636 Å². The van der Waals surface area contributed by atoms with Crippen molar-refractivity contribution in [3.05, 3.63) is 59.7 Å². The van der Waals surface area contributed by atoms with Crippen molar-refractivity contribution in [1.82, 2.24) is 63.4 Å². The number of carboxylic acids is 1. The first-order valence-electron chi connectivity index (χ1n) is 32.8. The molecule has 2 aromatic rings. The lowest BCUT2D eigenvalue weighted by molar-refractivity contribution is -0.141. The number of phenolic OH excluding ortho intramolecular Hbond substituents is 2. The van der Waals surface area contributed by atoms with Crippen molar-refractivity contribution >= 4 is 107 Å². The summed E-state index contributed by atoms with van der Waals surface area (Å²) in [7, 11) is 0. The summed E-state index contributed by atoms with van der Waals surface area (Å²) in [4.78, 5) is 197. The minimum atomic E-state index is -1.68. The number of hydrogen-bond acceptors (Lipinski definition) is 21. The Morgan fingerprint density at radius 1 is 0.529 bits per heavy atom. The van der Waals surface area contributed by atoms with E-state index in [1.54, 1.807) is 12.1 Å². The van der Waals surface area contributed by atoms with Gasteiger partial charge in [0.25, 0.3) is 0 Å². The Kier molecular flexibility index (Phi) is 36.3. The van der Waals surface area contributed by atoms with Gasteiger partial charge in [-0.25, -0.2) is 0 Å². The number of carboxylic acid groups (broad SMARTS) is 1. The molecule has 1 aliphatic rings. The summed E-state index contributed by atoms with van der Waals surface area (Å²) in [6, 6.07) is -5.35. The molecular formula is C63H98N20O18S. The molecule has 2 aromatic carbocycles. The van der Waals surface area contributed by atoms with Crippen LogP contribution in [0.5, 0.6) is 11.5 Å². The van der Waals surface area contributed by atoms with Gasteiger partial charge in [-0.2, -0.15) is 12.6 Å². The maximum atomic E-state index is 14.0. The number of carbonyl (C=O) groups excluding carboxylic acids is 13. The molecule has 3 rings (SSSR count). The third kappa shape index (κ3) is 30.5. The molecule has 0 aromatic heterocycles. The van der Waals surface area contributed by atoms with Gasteiger partial charge in [0.15, 0.2) is 11.9 Å². The predicted molar refractivity (Wildman–Crippen MR) is 372 cm³/mol. The summed E-state index contributed by atoms with van der Waals surface area (Å²) in [5.41, 5.74) is 34.2. The van der Waals surface area contributed by atoms with Crippen LogP contribution in [0, 0.1) is 5.92 Å². The fourth-order valence-corrected chi connectivity index (χ4v) is 10.4. The molecule has 12 atom stereocenters. The number of hydrogen-bond donors (Lipinski definition) is 22. The lowest BCUT2D eigenvalue weighted by Gasteiger charge is -2.29. The first-order valence-corrected chi connectivity index (χ1v) is 33.4. The minimum Gasteiger partial charge on any atom is -0.508 e. The van der Waals surface area contributed by atoms with Crippen LogP contribution in [0.25, 0.3) is 0 Å². The van der Waals surface area contributed by atoms with E-state index in [0.29, 0.717) is 24.0 Å². The minimum absolute atomic E-state index is 0.0381. The molecule has 0 aliphatic carbocycles. The van der Waals surface area contributed by atoms with Gasteiger partial charge in [-0.1, -0.05) is 38.1 Å². The first kappa shape index (κ1) is 85.7. The molecule has 38 nitrogen and oxygen atoms in total. The van der Waals surface area contributed by atoms with Gasteiger partial charge in [0.1, 0.15) is 78.0 Å². The fraction of sp³-hybridized carbons (Fsp3) is 0.556. The van der Waals surface area contributed by atoms with Gasteiger partial charge in [-0.15, -0.1) is 0 Å². The molecule has 0 saturated carbocycles. The van der Waals surface area contributed by atoms with Gasteiger partial charge in [0.05, 0.1) is 19.2 Å². The van der Waals surface area contributed by atoms with Gasteiger partial charge in [0.2, 0.25) is 76.8 Å². The van der Waals surface area contributed by atoms with E-state index in [9.17, 15) is 87.5 Å². The van der Waals surface area contributed by atoms with Crippen LogP contribution in [0.1, 0.15) is 104 Å². The zero-order chi connectivity index (χ0) is 76.5. The van der Waals surface area contributed by atoms with Crippen molar-refractivity contribution in [2.24, 2.45) is 50.3 Å². The van der Waals surface area contributed by atoms with Crippen LogP contribution in [0.15, 0.2) is 58.5 Å². The molecule has 13 amide bonds. The number of nitrogens with two attached hydrogens (primary N) is 6. The normalized spacial score (nSPS) is 15.7. The highest BCUT2D eigenvalue weighted by Crippen LogP contribution is 2.20. The van der Waals surface area contributed by atoms with Gasteiger partial charge < -0.3 is 118 Å². The number of benzene rings is 2. The van der Waals surface area contributed by atoms with E-state index < -0.39 is 181 Å². The van der Waals surface area contributed by atoms with Crippen LogP contribution in [0.3, 0.4) is 0 Å². The summed E-state index contributed by atoms with van der Waals surface area (Å²) < 4.78 is 0. The van der Waals surface area contributed by atoms with Crippen LogP contribution < -0.4 is 92.9 Å². The van der Waals surface area contributed by atoms with E-state index in [0.717, 1.165) is 0 Å². The Morgan fingerprint density at radius 3 is 1.40 bits per heavy atom. The maximum absolute atomic E-state index is 14.0. The monoisotopic (exact) mass is 1450 g/mol. The standard InChI is InChI=1S/C63H98N20O18S/c1-31(2)25-39(64)53(93)79-43(26-35-12-16-37(85)17-13-35)57(97)77-40(9-6-22-70-62(66)67)54(94)74-32(3)51(91)72-28-48(87)73-34(5)61(101)83-24-8-11-47(83)60(100)82-46(30-102)59(99)78-41(10-7-23-71-63(68)69)55(95)75-33(4)52(92)76-42(20-21-49(88)89)56(96)80-44(27-36-14-18-38(86)19-15-36)58(98)81-45(29-84)50(65)90/h12-19,31-34,39-47,84-86,102H,6-11,20-30,64H2,1-5H3,(H2,65,90)(H,72,91)(H,73,87)(H,74,94)(H,75,95)(H,76,92)(H,77,97)(H,78,99)(H,79,93)(H,80,96)(H,81,98)(H,82,100)(H,88,89)(H4,66,67,70)(H4,68,69,71)/t32-,33-,34-,39-,40-,41-,42-,43-,44-,45-,46-,47-/m0/s1. The lowest BCUT2D eigenvalue weighted by Crippen LogP contribution is -2.60. The maximum Gasteiger partial charge on any atom is 0.303 e. The molecule has 1 aliphatic heterocycles. The molecule has 0 unspecified atom stereocenters. The quantitative estimate of drug-likeness (QED) is 0.0127. The van der Waals surface area contributed by atoms with Crippen molar-refractivity contribution < 1.29 is 87.5 Å². The van der Waals surface area contributed by atoms with Crippen molar-refractivity contribution in [3.63, 3.8) is 0 Å². The molecule has 0 spiro atoms. The molecule has 1 saturated heterocycles. The van der Waals surface area contributed by atoms with Crippen molar-refractivity contribution in [3.8, 4) is 11.5 Å².